The lowest BCUT2D eigenvalue weighted by molar-refractivity contribution is -0.129. The van der Waals surface area contributed by atoms with Crippen LogP contribution in [0, 0.1) is 5.92 Å². The molecule has 0 heterocycles. The number of benzene rings is 1. The summed E-state index contributed by atoms with van der Waals surface area (Å²) in [7, 11) is 0. The summed E-state index contributed by atoms with van der Waals surface area (Å²) in [6.45, 7) is 2.65. The van der Waals surface area contributed by atoms with Gasteiger partial charge in [0.1, 0.15) is 5.78 Å². The molecule has 35 heavy (non-hydrogen) atoms. The fourth-order valence-electron chi connectivity index (χ4n) is 4.61. The maximum atomic E-state index is 12.4. The summed E-state index contributed by atoms with van der Waals surface area (Å²) in [4.78, 5) is 36.6. The van der Waals surface area contributed by atoms with Gasteiger partial charge in [0.25, 0.3) is 0 Å². The fourth-order valence-corrected chi connectivity index (χ4v) is 4.77. The Balaban J connectivity index is 1.54. The molecule has 1 saturated carbocycles. The van der Waals surface area contributed by atoms with Crippen LogP contribution in [0.1, 0.15) is 126 Å². The maximum Gasteiger partial charge on any atom is 0.338 e. The van der Waals surface area contributed by atoms with Gasteiger partial charge in [-0.15, -0.1) is 0 Å². The highest BCUT2D eigenvalue weighted by atomic mass is 35.5. The third-order valence-electron chi connectivity index (χ3n) is 6.81. The largest absolute Gasteiger partial charge is 0.462 e. The van der Waals surface area contributed by atoms with Gasteiger partial charge in [-0.2, -0.15) is 0 Å². The maximum absolute atomic E-state index is 12.4. The molecule has 1 N–H and O–H groups in total. The number of hydrogen-bond donors (Lipinski definition) is 1. The number of carbonyl (C=O) groups is 3. The molecule has 1 fully saturated rings. The van der Waals surface area contributed by atoms with E-state index in [1.54, 1.807) is 12.1 Å². The molecule has 2 rings (SSSR count). The van der Waals surface area contributed by atoms with Crippen molar-refractivity contribution in [3.05, 3.63) is 28.8 Å². The smallest absolute Gasteiger partial charge is 0.338 e. The van der Waals surface area contributed by atoms with E-state index in [1.165, 1.54) is 83.1 Å². The van der Waals surface area contributed by atoms with E-state index in [0.29, 0.717) is 35.7 Å². The zero-order chi connectivity index (χ0) is 25.3. The Morgan fingerprint density at radius 1 is 0.914 bits per heavy atom. The minimum atomic E-state index is -0.623. The average molecular weight is 506 g/mol. The molecule has 0 saturated heterocycles. The Morgan fingerprint density at radius 2 is 1.49 bits per heavy atom. The average Bonchev–Trinajstić information content (AvgIpc) is 3.28. The van der Waals surface area contributed by atoms with Gasteiger partial charge in [0, 0.05) is 6.42 Å². The highest BCUT2D eigenvalue weighted by molar-refractivity contribution is 6.34. The summed E-state index contributed by atoms with van der Waals surface area (Å²) in [6, 6.07) is 4.68. The zero-order valence-electron chi connectivity index (χ0n) is 21.5. The lowest BCUT2D eigenvalue weighted by atomic mass is 10.0. The van der Waals surface area contributed by atoms with Gasteiger partial charge in [0.2, 0.25) is 5.91 Å². The van der Waals surface area contributed by atoms with Gasteiger partial charge < -0.3 is 10.1 Å². The summed E-state index contributed by atoms with van der Waals surface area (Å²) < 4.78 is 5.40. The van der Waals surface area contributed by atoms with Gasteiger partial charge in [-0.3, -0.25) is 9.59 Å². The number of unbranched alkanes of at least 4 members (excludes halogenated alkanes) is 13. The molecule has 1 atom stereocenters. The molecule has 196 valence electrons. The van der Waals surface area contributed by atoms with Gasteiger partial charge in [-0.05, 0) is 37.5 Å². The number of carbonyl (C=O) groups excluding carboxylic acids is 3. The van der Waals surface area contributed by atoms with Crippen LogP contribution in [0.15, 0.2) is 18.2 Å². The van der Waals surface area contributed by atoms with Crippen LogP contribution in [0.25, 0.3) is 0 Å². The second-order valence-corrected chi connectivity index (χ2v) is 10.2. The monoisotopic (exact) mass is 505 g/mol. The van der Waals surface area contributed by atoms with Gasteiger partial charge in [0.05, 0.1) is 28.8 Å². The van der Waals surface area contributed by atoms with Crippen molar-refractivity contribution in [2.75, 3.05) is 11.9 Å². The molecule has 6 heteroatoms. The Bertz CT molecular complexity index is 795. The van der Waals surface area contributed by atoms with E-state index in [-0.39, 0.29) is 11.7 Å². The van der Waals surface area contributed by atoms with Crippen molar-refractivity contribution in [3.8, 4) is 0 Å². The van der Waals surface area contributed by atoms with Crippen molar-refractivity contribution in [1.82, 2.24) is 0 Å². The van der Waals surface area contributed by atoms with Crippen LogP contribution in [0.3, 0.4) is 0 Å². The number of rotatable bonds is 18. The van der Waals surface area contributed by atoms with Gasteiger partial charge in [0.15, 0.2) is 0 Å². The molecule has 0 bridgehead atoms. The second kappa shape index (κ2) is 17.5. The Morgan fingerprint density at radius 3 is 2.03 bits per heavy atom. The number of nitrogens with one attached hydrogen (secondary N) is 1. The van der Waals surface area contributed by atoms with Crippen molar-refractivity contribution in [1.29, 1.82) is 0 Å². The topological polar surface area (TPSA) is 72.5 Å². The molecule has 1 aromatic carbocycles. The quantitative estimate of drug-likeness (QED) is 0.124. The van der Waals surface area contributed by atoms with E-state index in [0.717, 1.165) is 19.3 Å². The standard InChI is InChI=1S/C29H44ClNO4/c1-2-3-4-5-6-7-8-9-10-11-12-13-14-15-21-35-29(34)23-19-20-25(30)26(22-23)31-28(33)24-17-16-18-27(24)32/h19-20,22,24H,2-18,21H2,1H3,(H,31,33). The molecule has 0 spiro atoms. The van der Waals surface area contributed by atoms with Crippen LogP contribution in [-0.2, 0) is 14.3 Å². The van der Waals surface area contributed by atoms with Gasteiger partial charge in [-0.1, -0.05) is 102 Å². The number of ketones is 1. The van der Waals surface area contributed by atoms with Crippen LogP contribution in [0.4, 0.5) is 5.69 Å². The molecule has 1 aromatic rings. The molecule has 0 aromatic heterocycles. The normalized spacial score (nSPS) is 15.4. The molecule has 1 aliphatic carbocycles. The third kappa shape index (κ3) is 11.6. The van der Waals surface area contributed by atoms with Crippen molar-refractivity contribution in [2.24, 2.45) is 5.92 Å². The number of esters is 1. The first-order valence-corrected chi connectivity index (χ1v) is 14.2. The number of amides is 1. The van der Waals surface area contributed by atoms with Gasteiger partial charge in [-0.25, -0.2) is 4.79 Å². The first kappa shape index (κ1) is 29.4. The van der Waals surface area contributed by atoms with E-state index in [4.69, 9.17) is 16.3 Å². The Hall–Kier alpha value is -1.88. The lowest BCUT2D eigenvalue weighted by Gasteiger charge is -2.12. The van der Waals surface area contributed by atoms with Crippen molar-refractivity contribution < 1.29 is 19.1 Å². The first-order valence-electron chi connectivity index (χ1n) is 13.8. The van der Waals surface area contributed by atoms with Crippen LogP contribution in [0.2, 0.25) is 5.02 Å². The number of anilines is 1. The number of Topliss-reactive ketones (excluding diaryl/α,β-unsaturated/α-hetero) is 1. The predicted octanol–water partition coefficient (Wildman–Crippen LogP) is 8.29. The minimum Gasteiger partial charge on any atom is -0.462 e. The number of hydrogen-bond acceptors (Lipinski definition) is 4. The SMILES string of the molecule is CCCCCCCCCCCCCCCCOC(=O)c1ccc(Cl)c(NC(=O)C2CCCC2=O)c1. The van der Waals surface area contributed by atoms with Gasteiger partial charge >= 0.3 is 5.97 Å². The highest BCUT2D eigenvalue weighted by Gasteiger charge is 2.31. The summed E-state index contributed by atoms with van der Waals surface area (Å²) in [5.41, 5.74) is 0.676. The van der Waals surface area contributed by atoms with E-state index in [2.05, 4.69) is 12.2 Å². The molecule has 0 aliphatic heterocycles. The van der Waals surface area contributed by atoms with E-state index in [9.17, 15) is 14.4 Å². The Kier molecular flexibility index (Phi) is 14.7. The number of halogens is 1. The van der Waals surface area contributed by atoms with Crippen LogP contribution < -0.4 is 5.32 Å². The van der Waals surface area contributed by atoms with Crippen LogP contribution in [0.5, 0.6) is 0 Å². The highest BCUT2D eigenvalue weighted by Crippen LogP contribution is 2.27. The molecule has 1 unspecified atom stereocenters. The fraction of sp³-hybridized carbons (Fsp3) is 0.690. The summed E-state index contributed by atoms with van der Waals surface area (Å²) in [5.74, 6) is -1.45. The van der Waals surface area contributed by atoms with Crippen molar-refractivity contribution in [2.45, 2.75) is 116 Å². The van der Waals surface area contributed by atoms with E-state index in [1.807, 2.05) is 0 Å². The summed E-state index contributed by atoms with van der Waals surface area (Å²) >= 11 is 6.18. The minimum absolute atomic E-state index is 0.0395. The van der Waals surface area contributed by atoms with Crippen LogP contribution in [-0.4, -0.2) is 24.3 Å². The summed E-state index contributed by atoms with van der Waals surface area (Å²) in [5, 5.41) is 3.03. The zero-order valence-corrected chi connectivity index (χ0v) is 22.3. The van der Waals surface area contributed by atoms with Crippen LogP contribution >= 0.6 is 11.6 Å². The van der Waals surface area contributed by atoms with Crippen molar-refractivity contribution >= 4 is 34.9 Å². The molecular formula is C29H44ClNO4. The van der Waals surface area contributed by atoms with Crippen molar-refractivity contribution in [3.63, 3.8) is 0 Å². The lowest BCUT2D eigenvalue weighted by Crippen LogP contribution is -2.26. The van der Waals surface area contributed by atoms with E-state index >= 15 is 0 Å². The molecule has 1 amide bonds. The third-order valence-corrected chi connectivity index (χ3v) is 7.14. The molecular weight excluding hydrogens is 462 g/mol. The first-order chi connectivity index (χ1) is 17.0. The summed E-state index contributed by atoms with van der Waals surface area (Å²) in [6.07, 6.45) is 19.7. The second-order valence-electron chi connectivity index (χ2n) is 9.83. The molecule has 1 aliphatic rings. The Labute approximate surface area is 216 Å². The predicted molar refractivity (Wildman–Crippen MR) is 143 cm³/mol. The van der Waals surface area contributed by atoms with E-state index < -0.39 is 11.9 Å². The molecule has 5 nitrogen and oxygen atoms in total. The molecule has 0 radical (unpaired) electrons. The number of ether oxygens (including phenoxy) is 1.